The van der Waals surface area contributed by atoms with E-state index in [4.69, 9.17) is 19.2 Å². The lowest BCUT2D eigenvalue weighted by Crippen LogP contribution is -2.25. The third-order valence-corrected chi connectivity index (χ3v) is 7.62. The molecule has 0 N–H and O–H groups in total. The summed E-state index contributed by atoms with van der Waals surface area (Å²) in [6, 6.07) is 14.8. The number of hydrogen-bond acceptors (Lipinski definition) is 7. The van der Waals surface area contributed by atoms with Gasteiger partial charge in [-0.1, -0.05) is 26.0 Å². The highest BCUT2D eigenvalue weighted by molar-refractivity contribution is 9.11. The molecule has 0 radical (unpaired) electrons. The summed E-state index contributed by atoms with van der Waals surface area (Å²) in [4.78, 5) is 30.5. The first-order valence-corrected chi connectivity index (χ1v) is 14.7. The number of carbonyl (C=O) groups excluding carboxylic acids is 1. The van der Waals surface area contributed by atoms with Gasteiger partial charge in [-0.2, -0.15) is 9.78 Å². The molecule has 3 aromatic carbocycles. The second kappa shape index (κ2) is 13.0. The lowest BCUT2D eigenvalue weighted by molar-refractivity contribution is -0.147. The summed E-state index contributed by atoms with van der Waals surface area (Å²) in [7, 11) is 1.31. The van der Waals surface area contributed by atoms with Crippen molar-refractivity contribution in [1.82, 2.24) is 9.66 Å². The Morgan fingerprint density at radius 1 is 1.10 bits per heavy atom. The van der Waals surface area contributed by atoms with Gasteiger partial charge in [0.2, 0.25) is 0 Å². The molecule has 8 nitrogen and oxygen atoms in total. The number of esters is 1. The number of fused-ring (bicyclic) bond motifs is 1. The summed E-state index contributed by atoms with van der Waals surface area (Å²) in [5.41, 5.74) is 3.71. The highest BCUT2D eigenvalue weighted by Crippen LogP contribution is 2.36. The number of aromatic nitrogens is 2. The van der Waals surface area contributed by atoms with E-state index in [9.17, 15) is 9.59 Å². The Hall–Kier alpha value is -3.50. The van der Waals surface area contributed by atoms with Gasteiger partial charge in [0, 0.05) is 5.56 Å². The highest BCUT2D eigenvalue weighted by atomic mass is 79.9. The van der Waals surface area contributed by atoms with Crippen LogP contribution in [0.3, 0.4) is 0 Å². The Labute approximate surface area is 255 Å². The smallest absolute Gasteiger partial charge is 0.346 e. The van der Waals surface area contributed by atoms with Gasteiger partial charge in [0.25, 0.3) is 5.56 Å². The molecule has 0 aliphatic heterocycles. The number of nitrogens with zero attached hydrogens (tertiary/aromatic N) is 3. The van der Waals surface area contributed by atoms with Gasteiger partial charge in [-0.3, -0.25) is 4.79 Å². The maximum atomic E-state index is 13.7. The van der Waals surface area contributed by atoms with Crippen LogP contribution in [0.4, 0.5) is 0 Å². The monoisotopic (exact) mass is 683 g/mol. The Morgan fingerprint density at radius 2 is 1.78 bits per heavy atom. The zero-order valence-corrected chi connectivity index (χ0v) is 26.9. The predicted molar refractivity (Wildman–Crippen MR) is 168 cm³/mol. The average Bonchev–Trinajstić information content (AvgIpc) is 2.94. The Morgan fingerprint density at radius 3 is 2.41 bits per heavy atom. The first-order valence-electron chi connectivity index (χ1n) is 13.1. The number of hydrogen-bond donors (Lipinski definition) is 0. The van der Waals surface area contributed by atoms with Crippen molar-refractivity contribution in [2.24, 2.45) is 5.10 Å². The van der Waals surface area contributed by atoms with Crippen LogP contribution in [0.5, 0.6) is 11.5 Å². The molecule has 214 valence electrons. The largest absolute Gasteiger partial charge is 0.494 e. The van der Waals surface area contributed by atoms with Crippen LogP contribution in [0.25, 0.3) is 22.3 Å². The molecule has 1 aromatic heterocycles. The normalized spacial score (nSPS) is 12.2. The van der Waals surface area contributed by atoms with E-state index in [0.29, 0.717) is 43.6 Å². The molecule has 1 heterocycles. The van der Waals surface area contributed by atoms with Crippen LogP contribution >= 0.6 is 31.9 Å². The molecule has 0 fully saturated rings. The second-order valence-corrected chi connectivity index (χ2v) is 11.4. The van der Waals surface area contributed by atoms with Crippen molar-refractivity contribution >= 4 is 54.9 Å². The quantitative estimate of drug-likeness (QED) is 0.136. The lowest BCUT2D eigenvalue weighted by Gasteiger charge is -2.18. The van der Waals surface area contributed by atoms with E-state index in [2.05, 4.69) is 50.8 Å². The minimum atomic E-state index is -0.801. The zero-order chi connectivity index (χ0) is 29.8. The van der Waals surface area contributed by atoms with Crippen LogP contribution in [0, 0.1) is 6.92 Å². The number of aryl methyl sites for hydroxylation is 1. The van der Waals surface area contributed by atoms with E-state index in [1.165, 1.54) is 11.8 Å². The van der Waals surface area contributed by atoms with Crippen LogP contribution in [0.2, 0.25) is 0 Å². The van der Waals surface area contributed by atoms with Crippen molar-refractivity contribution in [3.63, 3.8) is 0 Å². The second-order valence-electron chi connectivity index (χ2n) is 9.70. The summed E-state index contributed by atoms with van der Waals surface area (Å²) in [6.07, 6.45) is 0.780. The maximum absolute atomic E-state index is 13.7. The average molecular weight is 685 g/mol. The standard InChI is InChI=1S/C31H31Br2N3O5/c1-7-40-27-12-18(4)23(15-22(27)17(2)3)29-35-26-11-9-8-10-21(26)30(37)36(29)34-16-20-13-24(32)28(25(33)14-20)41-19(5)31(38)39-6/h8-17,19H,7H2,1-6H3/t19-/m0/s1. The van der Waals surface area contributed by atoms with Crippen molar-refractivity contribution in [1.29, 1.82) is 0 Å². The molecule has 0 unspecified atom stereocenters. The Bertz CT molecular complexity index is 1670. The molecule has 4 rings (SSSR count). The van der Waals surface area contributed by atoms with Crippen LogP contribution in [-0.4, -0.2) is 41.7 Å². The number of ether oxygens (including phenoxy) is 3. The van der Waals surface area contributed by atoms with Gasteiger partial charge < -0.3 is 14.2 Å². The Balaban J connectivity index is 1.86. The molecular weight excluding hydrogens is 654 g/mol. The summed E-state index contributed by atoms with van der Waals surface area (Å²) in [6.45, 7) is 10.3. The number of halogens is 2. The minimum absolute atomic E-state index is 0.192. The molecule has 0 aliphatic rings. The lowest BCUT2D eigenvalue weighted by atomic mass is 9.96. The molecule has 41 heavy (non-hydrogen) atoms. The molecule has 1 atom stereocenters. The summed E-state index contributed by atoms with van der Waals surface area (Å²) < 4.78 is 19.0. The molecule has 0 spiro atoms. The fraction of sp³-hybridized carbons (Fsp3) is 0.290. The van der Waals surface area contributed by atoms with Gasteiger partial charge in [-0.05, 0) is 112 Å². The van der Waals surface area contributed by atoms with Gasteiger partial charge >= 0.3 is 5.97 Å². The van der Waals surface area contributed by atoms with Crippen LogP contribution in [0.1, 0.15) is 50.3 Å². The number of methoxy groups -OCH3 is 1. The first-order chi connectivity index (χ1) is 19.5. The van der Waals surface area contributed by atoms with Gasteiger partial charge in [0.15, 0.2) is 11.9 Å². The topological polar surface area (TPSA) is 92.0 Å². The molecule has 0 aliphatic carbocycles. The summed E-state index contributed by atoms with van der Waals surface area (Å²) in [5.74, 6) is 1.39. The SMILES string of the molecule is CCOc1cc(C)c(-c2nc3ccccc3c(=O)n2N=Cc2cc(Br)c(O[C@@H](C)C(=O)OC)c(Br)c2)cc1C(C)C. The first kappa shape index (κ1) is 30.5. The summed E-state index contributed by atoms with van der Waals surface area (Å²) in [5, 5.41) is 5.08. The predicted octanol–water partition coefficient (Wildman–Crippen LogP) is 7.24. The molecule has 0 amide bonds. The van der Waals surface area contributed by atoms with Crippen molar-refractivity contribution in [3.05, 3.63) is 84.5 Å². The van der Waals surface area contributed by atoms with E-state index in [1.807, 2.05) is 38.1 Å². The number of benzene rings is 3. The zero-order valence-electron chi connectivity index (χ0n) is 23.7. The molecular formula is C31H31Br2N3O5. The fourth-order valence-corrected chi connectivity index (χ4v) is 5.77. The van der Waals surface area contributed by atoms with Crippen LogP contribution < -0.4 is 15.0 Å². The third kappa shape index (κ3) is 6.54. The molecule has 0 saturated heterocycles. The minimum Gasteiger partial charge on any atom is -0.494 e. The van der Waals surface area contributed by atoms with E-state index >= 15 is 0 Å². The van der Waals surface area contributed by atoms with Crippen LogP contribution in [-0.2, 0) is 9.53 Å². The third-order valence-electron chi connectivity index (χ3n) is 6.44. The number of carbonyl (C=O) groups is 1. The summed E-state index contributed by atoms with van der Waals surface area (Å²) >= 11 is 7.02. The van der Waals surface area contributed by atoms with E-state index in [-0.39, 0.29) is 11.5 Å². The van der Waals surface area contributed by atoms with Gasteiger partial charge in [-0.25, -0.2) is 9.78 Å². The van der Waals surface area contributed by atoms with Crippen LogP contribution in [0.15, 0.2) is 67.4 Å². The Kier molecular flexibility index (Phi) is 9.65. The maximum Gasteiger partial charge on any atom is 0.346 e. The number of para-hydroxylation sites is 1. The molecule has 10 heteroatoms. The van der Waals surface area contributed by atoms with E-state index < -0.39 is 12.1 Å². The number of rotatable bonds is 9. The molecule has 4 aromatic rings. The van der Waals surface area contributed by atoms with Crippen molar-refractivity contribution < 1.29 is 19.0 Å². The highest BCUT2D eigenvalue weighted by Gasteiger charge is 2.20. The van der Waals surface area contributed by atoms with Gasteiger partial charge in [0.05, 0.1) is 39.8 Å². The van der Waals surface area contributed by atoms with Gasteiger partial charge in [-0.15, -0.1) is 0 Å². The van der Waals surface area contributed by atoms with Crippen molar-refractivity contribution in [2.45, 2.75) is 46.6 Å². The fourth-order valence-electron chi connectivity index (χ4n) is 4.36. The van der Waals surface area contributed by atoms with Gasteiger partial charge in [0.1, 0.15) is 11.5 Å². The molecule has 0 bridgehead atoms. The molecule has 0 saturated carbocycles. The van der Waals surface area contributed by atoms with E-state index in [0.717, 1.165) is 22.4 Å². The van der Waals surface area contributed by atoms with Crippen molar-refractivity contribution in [3.8, 4) is 22.9 Å². The van der Waals surface area contributed by atoms with Crippen molar-refractivity contribution in [2.75, 3.05) is 13.7 Å². The van der Waals surface area contributed by atoms with E-state index in [1.54, 1.807) is 37.4 Å².